The van der Waals surface area contributed by atoms with E-state index in [4.69, 9.17) is 10.2 Å². The number of benzene rings is 1. The maximum Gasteiger partial charge on any atom is 0.336 e. The second-order valence-electron chi connectivity index (χ2n) is 3.93. The molecule has 0 saturated heterocycles. The first-order valence-corrected chi connectivity index (χ1v) is 5.18. The first-order chi connectivity index (χ1) is 8.37. The molecular formula is C12H14O6. The number of carbonyl (C=O) groups excluding carboxylic acids is 1. The van der Waals surface area contributed by atoms with Crippen LogP contribution in [0.15, 0.2) is 24.3 Å². The zero-order valence-electron chi connectivity index (χ0n) is 9.79. The Labute approximate surface area is 103 Å². The third kappa shape index (κ3) is 3.46. The highest BCUT2D eigenvalue weighted by Gasteiger charge is 2.39. The molecule has 1 aromatic rings. The van der Waals surface area contributed by atoms with Gasteiger partial charge in [0.2, 0.25) is 0 Å². The topological polar surface area (TPSA) is 104 Å². The van der Waals surface area contributed by atoms with Gasteiger partial charge in [-0.1, -0.05) is 12.1 Å². The van der Waals surface area contributed by atoms with Crippen molar-refractivity contribution >= 4 is 11.9 Å². The summed E-state index contributed by atoms with van der Waals surface area (Å²) in [5, 5.41) is 28.0. The molecule has 6 nitrogen and oxygen atoms in total. The molecule has 0 heterocycles. The fraction of sp³-hybridized carbons (Fsp3) is 0.333. The van der Waals surface area contributed by atoms with Gasteiger partial charge in [-0.15, -0.1) is 0 Å². The molecule has 0 unspecified atom stereocenters. The number of phenolic OH excluding ortho intramolecular Hbond substituents is 1. The zero-order chi connectivity index (χ0) is 13.8. The van der Waals surface area contributed by atoms with Gasteiger partial charge in [0.25, 0.3) is 0 Å². The lowest BCUT2D eigenvalue weighted by atomic mass is 9.91. The molecular weight excluding hydrogens is 240 g/mol. The number of aliphatic carboxylic acids is 1. The maximum atomic E-state index is 11.1. The van der Waals surface area contributed by atoms with Crippen molar-refractivity contribution in [3.8, 4) is 5.75 Å². The van der Waals surface area contributed by atoms with Crippen LogP contribution in [0.3, 0.4) is 0 Å². The number of aromatic hydroxyl groups is 1. The lowest BCUT2D eigenvalue weighted by Crippen LogP contribution is -2.43. The van der Waals surface area contributed by atoms with E-state index in [0.29, 0.717) is 5.56 Å². The zero-order valence-corrected chi connectivity index (χ0v) is 9.79. The quantitative estimate of drug-likeness (QED) is 0.653. The molecule has 0 fully saturated rings. The lowest BCUT2D eigenvalue weighted by molar-refractivity contribution is -0.166. The number of ether oxygens (including phenoxy) is 1. The van der Waals surface area contributed by atoms with Crippen molar-refractivity contribution in [3.63, 3.8) is 0 Å². The van der Waals surface area contributed by atoms with Crippen LogP contribution in [0.4, 0.5) is 0 Å². The number of hydrogen-bond donors (Lipinski definition) is 3. The number of methoxy groups -OCH3 is 1. The molecule has 98 valence electrons. The summed E-state index contributed by atoms with van der Waals surface area (Å²) >= 11 is 0. The predicted octanol–water partition coefficient (Wildman–Crippen LogP) is 0.313. The van der Waals surface area contributed by atoms with Gasteiger partial charge < -0.3 is 20.1 Å². The summed E-state index contributed by atoms with van der Waals surface area (Å²) < 4.78 is 4.35. The number of carboxylic acids is 1. The van der Waals surface area contributed by atoms with Crippen LogP contribution < -0.4 is 0 Å². The molecule has 0 bridgehead atoms. The molecule has 1 aromatic carbocycles. The molecule has 0 spiro atoms. The van der Waals surface area contributed by atoms with E-state index in [-0.39, 0.29) is 12.2 Å². The number of phenols is 1. The van der Waals surface area contributed by atoms with Crippen LogP contribution in [0, 0.1) is 0 Å². The van der Waals surface area contributed by atoms with Crippen molar-refractivity contribution in [1.29, 1.82) is 0 Å². The Bertz CT molecular complexity index is 438. The van der Waals surface area contributed by atoms with E-state index in [2.05, 4.69) is 4.74 Å². The van der Waals surface area contributed by atoms with E-state index in [9.17, 15) is 14.7 Å². The standard InChI is InChI=1S/C12H14O6/c1-18-10(14)7-12(17,11(15)16)6-8-2-4-9(13)5-3-8/h2-5,13,17H,6-7H2,1H3,(H,15,16)/t12-/m1/s1. The van der Waals surface area contributed by atoms with Crippen molar-refractivity contribution < 1.29 is 29.6 Å². The largest absolute Gasteiger partial charge is 0.508 e. The molecule has 0 aliphatic heterocycles. The van der Waals surface area contributed by atoms with Gasteiger partial charge in [0.1, 0.15) is 5.75 Å². The molecule has 0 aliphatic carbocycles. The van der Waals surface area contributed by atoms with Gasteiger partial charge in [-0.2, -0.15) is 0 Å². The minimum atomic E-state index is -2.22. The summed E-state index contributed by atoms with van der Waals surface area (Å²) in [6.07, 6.45) is -0.891. The summed E-state index contributed by atoms with van der Waals surface area (Å²) in [4.78, 5) is 22.1. The van der Waals surface area contributed by atoms with Crippen LogP contribution in [-0.2, 0) is 20.7 Å². The van der Waals surface area contributed by atoms with Gasteiger partial charge in [-0.25, -0.2) is 4.79 Å². The van der Waals surface area contributed by atoms with Crippen LogP contribution in [0.5, 0.6) is 5.75 Å². The van der Waals surface area contributed by atoms with Gasteiger partial charge in [-0.3, -0.25) is 4.79 Å². The van der Waals surface area contributed by atoms with Crippen molar-refractivity contribution in [2.75, 3.05) is 7.11 Å². The average molecular weight is 254 g/mol. The molecule has 0 aromatic heterocycles. The summed E-state index contributed by atoms with van der Waals surface area (Å²) in [5.41, 5.74) is -1.73. The SMILES string of the molecule is COC(=O)C[C@](O)(Cc1ccc(O)cc1)C(=O)O. The van der Waals surface area contributed by atoms with E-state index in [0.717, 1.165) is 7.11 Å². The van der Waals surface area contributed by atoms with Gasteiger partial charge >= 0.3 is 11.9 Å². The number of carbonyl (C=O) groups is 2. The smallest absolute Gasteiger partial charge is 0.336 e. The summed E-state index contributed by atoms with van der Waals surface area (Å²) in [5.74, 6) is -2.27. The number of aliphatic hydroxyl groups is 1. The molecule has 18 heavy (non-hydrogen) atoms. The minimum absolute atomic E-state index is 0.0329. The number of esters is 1. The Morgan fingerprint density at radius 1 is 1.28 bits per heavy atom. The predicted molar refractivity (Wildman–Crippen MR) is 61.0 cm³/mol. The van der Waals surface area contributed by atoms with E-state index in [1.165, 1.54) is 24.3 Å². The van der Waals surface area contributed by atoms with Crippen molar-refractivity contribution in [2.45, 2.75) is 18.4 Å². The van der Waals surface area contributed by atoms with Crippen LogP contribution in [0.2, 0.25) is 0 Å². The highest BCUT2D eigenvalue weighted by Crippen LogP contribution is 2.20. The maximum absolute atomic E-state index is 11.1. The van der Waals surface area contributed by atoms with E-state index < -0.39 is 24.0 Å². The number of rotatable bonds is 5. The van der Waals surface area contributed by atoms with Crippen LogP contribution >= 0.6 is 0 Å². The Hall–Kier alpha value is -2.08. The molecule has 3 N–H and O–H groups in total. The van der Waals surface area contributed by atoms with Crippen LogP contribution in [0.25, 0.3) is 0 Å². The first kappa shape index (κ1) is 14.0. The van der Waals surface area contributed by atoms with Crippen LogP contribution in [0.1, 0.15) is 12.0 Å². The van der Waals surface area contributed by atoms with Gasteiger partial charge in [0.15, 0.2) is 5.60 Å². The molecule has 0 radical (unpaired) electrons. The van der Waals surface area contributed by atoms with Crippen molar-refractivity contribution in [3.05, 3.63) is 29.8 Å². The monoisotopic (exact) mass is 254 g/mol. The summed E-state index contributed by atoms with van der Waals surface area (Å²) in [6, 6.07) is 5.69. The highest BCUT2D eigenvalue weighted by molar-refractivity contribution is 5.84. The Morgan fingerprint density at radius 3 is 2.28 bits per heavy atom. The normalized spacial score (nSPS) is 13.7. The third-order valence-electron chi connectivity index (χ3n) is 2.50. The van der Waals surface area contributed by atoms with Gasteiger partial charge in [0, 0.05) is 6.42 Å². The fourth-order valence-electron chi connectivity index (χ4n) is 1.48. The van der Waals surface area contributed by atoms with Crippen molar-refractivity contribution in [2.24, 2.45) is 0 Å². The molecule has 0 aliphatic rings. The highest BCUT2D eigenvalue weighted by atomic mass is 16.5. The second-order valence-corrected chi connectivity index (χ2v) is 3.93. The molecule has 6 heteroatoms. The molecule has 0 saturated carbocycles. The number of carboxylic acid groups (broad SMARTS) is 1. The third-order valence-corrected chi connectivity index (χ3v) is 2.50. The average Bonchev–Trinajstić information content (AvgIpc) is 2.31. The van der Waals surface area contributed by atoms with E-state index in [1.807, 2.05) is 0 Å². The summed E-state index contributed by atoms with van der Waals surface area (Å²) in [7, 11) is 1.12. The van der Waals surface area contributed by atoms with E-state index in [1.54, 1.807) is 0 Å². The summed E-state index contributed by atoms with van der Waals surface area (Å²) in [6.45, 7) is 0. The minimum Gasteiger partial charge on any atom is -0.508 e. The molecule has 0 amide bonds. The number of hydrogen-bond acceptors (Lipinski definition) is 5. The lowest BCUT2D eigenvalue weighted by Gasteiger charge is -2.22. The Kier molecular flexibility index (Phi) is 4.28. The van der Waals surface area contributed by atoms with Gasteiger partial charge in [-0.05, 0) is 17.7 Å². The molecule has 1 atom stereocenters. The van der Waals surface area contributed by atoms with Crippen LogP contribution in [-0.4, -0.2) is 40.0 Å². The molecule has 1 rings (SSSR count). The Morgan fingerprint density at radius 2 is 1.83 bits per heavy atom. The first-order valence-electron chi connectivity index (χ1n) is 5.18. The fourth-order valence-corrected chi connectivity index (χ4v) is 1.48. The van der Waals surface area contributed by atoms with E-state index >= 15 is 0 Å². The van der Waals surface area contributed by atoms with Crippen molar-refractivity contribution in [1.82, 2.24) is 0 Å². The Balaban J connectivity index is 2.89. The van der Waals surface area contributed by atoms with Gasteiger partial charge in [0.05, 0.1) is 13.5 Å². The second kappa shape index (κ2) is 5.50.